The topological polar surface area (TPSA) is 77.1 Å². The third kappa shape index (κ3) is 5.00. The number of carbonyl (C=O) groups excluding carboxylic acids is 1. The summed E-state index contributed by atoms with van der Waals surface area (Å²) >= 11 is 7.15. The summed E-state index contributed by atoms with van der Waals surface area (Å²) in [5, 5.41) is 4.61. The summed E-state index contributed by atoms with van der Waals surface area (Å²) < 4.78 is 6.95. The third-order valence-corrected chi connectivity index (χ3v) is 6.03. The molecule has 4 aromatic rings. The first-order valence-corrected chi connectivity index (χ1v) is 11.1. The summed E-state index contributed by atoms with van der Waals surface area (Å²) in [5.74, 6) is 0.613. The Morgan fingerprint density at radius 3 is 2.68 bits per heavy atom. The molecule has 4 rings (SSSR count). The van der Waals surface area contributed by atoms with Gasteiger partial charge >= 0.3 is 0 Å². The standard InChI is InChI=1S/C23H20ClN3O3S/c1-15(16-8-10-17(24)11-9-16)25-21(28)14-31-23-26-20-7-3-2-6-19(20)22(29)27(23)13-18-5-4-12-30-18/h2-12,15H,13-14H2,1H3,(H,25,28). The fraction of sp³-hybridized carbons (Fsp3) is 0.174. The molecule has 0 aliphatic carbocycles. The number of nitrogens with one attached hydrogen (secondary N) is 1. The maximum absolute atomic E-state index is 13.1. The molecule has 0 radical (unpaired) electrons. The number of aromatic nitrogens is 2. The second-order valence-corrected chi connectivity index (χ2v) is 8.39. The number of thioether (sulfide) groups is 1. The third-order valence-electron chi connectivity index (χ3n) is 4.80. The van der Waals surface area contributed by atoms with Crippen molar-refractivity contribution in [3.05, 3.63) is 93.6 Å². The number of furan rings is 1. The Kier molecular flexibility index (Phi) is 6.44. The van der Waals surface area contributed by atoms with Crippen molar-refractivity contribution in [2.24, 2.45) is 0 Å². The van der Waals surface area contributed by atoms with Crippen LogP contribution in [0.25, 0.3) is 10.9 Å². The zero-order valence-corrected chi connectivity index (χ0v) is 18.3. The van der Waals surface area contributed by atoms with Gasteiger partial charge in [0.25, 0.3) is 5.56 Å². The van der Waals surface area contributed by atoms with Crippen molar-refractivity contribution in [3.63, 3.8) is 0 Å². The van der Waals surface area contributed by atoms with Crippen LogP contribution in [0.1, 0.15) is 24.3 Å². The minimum absolute atomic E-state index is 0.126. The number of para-hydroxylation sites is 1. The second-order valence-electron chi connectivity index (χ2n) is 7.01. The molecule has 0 spiro atoms. The number of halogens is 1. The van der Waals surface area contributed by atoms with Gasteiger partial charge in [0.2, 0.25) is 5.91 Å². The number of benzene rings is 2. The molecule has 2 aromatic carbocycles. The molecule has 2 aromatic heterocycles. The Balaban J connectivity index is 1.53. The summed E-state index contributed by atoms with van der Waals surface area (Å²) in [6.45, 7) is 2.15. The van der Waals surface area contributed by atoms with Gasteiger partial charge in [0.1, 0.15) is 5.76 Å². The highest BCUT2D eigenvalue weighted by Gasteiger charge is 2.16. The molecule has 1 unspecified atom stereocenters. The van der Waals surface area contributed by atoms with Crippen LogP contribution in [0, 0.1) is 0 Å². The van der Waals surface area contributed by atoms with E-state index >= 15 is 0 Å². The molecule has 1 amide bonds. The van der Waals surface area contributed by atoms with E-state index in [9.17, 15) is 9.59 Å². The lowest BCUT2D eigenvalue weighted by molar-refractivity contribution is -0.119. The number of amides is 1. The van der Waals surface area contributed by atoms with E-state index in [-0.39, 0.29) is 29.8 Å². The summed E-state index contributed by atoms with van der Waals surface area (Å²) in [6, 6.07) is 17.9. The molecule has 158 valence electrons. The fourth-order valence-corrected chi connectivity index (χ4v) is 4.14. The van der Waals surface area contributed by atoms with Crippen LogP contribution in [0.5, 0.6) is 0 Å². The number of hydrogen-bond acceptors (Lipinski definition) is 5. The van der Waals surface area contributed by atoms with E-state index in [1.165, 1.54) is 11.8 Å². The molecule has 0 aliphatic heterocycles. The summed E-state index contributed by atoms with van der Waals surface area (Å²) in [7, 11) is 0. The van der Waals surface area contributed by atoms with Gasteiger partial charge in [-0.15, -0.1) is 0 Å². The highest BCUT2D eigenvalue weighted by molar-refractivity contribution is 7.99. The number of carbonyl (C=O) groups is 1. The lowest BCUT2D eigenvalue weighted by Crippen LogP contribution is -2.29. The number of nitrogens with zero attached hydrogens (tertiary/aromatic N) is 2. The SMILES string of the molecule is CC(NC(=O)CSc1nc2ccccc2c(=O)n1Cc1ccco1)c1ccc(Cl)cc1. The van der Waals surface area contributed by atoms with Crippen molar-refractivity contribution in [1.29, 1.82) is 0 Å². The molecule has 0 saturated heterocycles. The van der Waals surface area contributed by atoms with Gasteiger partial charge in [-0.3, -0.25) is 14.2 Å². The van der Waals surface area contributed by atoms with Crippen LogP contribution in [0.15, 0.2) is 81.3 Å². The predicted molar refractivity (Wildman–Crippen MR) is 123 cm³/mol. The predicted octanol–water partition coefficient (Wildman–Crippen LogP) is 4.66. The average molecular weight is 454 g/mol. The minimum Gasteiger partial charge on any atom is -0.467 e. The van der Waals surface area contributed by atoms with Crippen LogP contribution in [0.2, 0.25) is 5.02 Å². The first kappa shape index (κ1) is 21.2. The average Bonchev–Trinajstić information content (AvgIpc) is 3.28. The quantitative estimate of drug-likeness (QED) is 0.325. The molecule has 2 heterocycles. The van der Waals surface area contributed by atoms with E-state index in [0.717, 1.165) is 5.56 Å². The molecule has 0 saturated carbocycles. The fourth-order valence-electron chi connectivity index (χ4n) is 3.20. The Morgan fingerprint density at radius 2 is 1.94 bits per heavy atom. The van der Waals surface area contributed by atoms with E-state index in [1.807, 2.05) is 25.1 Å². The van der Waals surface area contributed by atoms with Gasteiger partial charge in [0, 0.05) is 5.02 Å². The van der Waals surface area contributed by atoms with Crippen molar-refractivity contribution >= 4 is 40.2 Å². The van der Waals surface area contributed by atoms with Gasteiger partial charge in [-0.1, -0.05) is 47.6 Å². The number of hydrogen-bond donors (Lipinski definition) is 1. The Labute approximate surface area is 188 Å². The van der Waals surface area contributed by atoms with Crippen LogP contribution >= 0.6 is 23.4 Å². The summed E-state index contributed by atoms with van der Waals surface area (Å²) in [6.07, 6.45) is 1.56. The Bertz CT molecular complexity index is 1250. The molecule has 1 atom stereocenters. The molecule has 8 heteroatoms. The molecule has 0 fully saturated rings. The smallest absolute Gasteiger partial charge is 0.262 e. The van der Waals surface area contributed by atoms with Gasteiger partial charge in [0.05, 0.1) is 35.5 Å². The van der Waals surface area contributed by atoms with Crippen molar-refractivity contribution < 1.29 is 9.21 Å². The Morgan fingerprint density at radius 1 is 1.16 bits per heavy atom. The molecule has 6 nitrogen and oxygen atoms in total. The molecular weight excluding hydrogens is 434 g/mol. The highest BCUT2D eigenvalue weighted by Crippen LogP contribution is 2.20. The summed E-state index contributed by atoms with van der Waals surface area (Å²) in [4.78, 5) is 30.2. The van der Waals surface area contributed by atoms with Crippen LogP contribution in [0.3, 0.4) is 0 Å². The van der Waals surface area contributed by atoms with E-state index in [1.54, 1.807) is 53.3 Å². The van der Waals surface area contributed by atoms with Crippen LogP contribution in [-0.2, 0) is 11.3 Å². The molecule has 31 heavy (non-hydrogen) atoms. The van der Waals surface area contributed by atoms with Crippen molar-refractivity contribution in [2.75, 3.05) is 5.75 Å². The largest absolute Gasteiger partial charge is 0.467 e. The molecular formula is C23H20ClN3O3S. The lowest BCUT2D eigenvalue weighted by Gasteiger charge is -2.15. The van der Waals surface area contributed by atoms with Gasteiger partial charge < -0.3 is 9.73 Å². The number of fused-ring (bicyclic) bond motifs is 1. The van der Waals surface area contributed by atoms with Crippen molar-refractivity contribution in [1.82, 2.24) is 14.9 Å². The first-order chi connectivity index (χ1) is 15.0. The number of rotatable bonds is 7. The minimum atomic E-state index is -0.167. The van der Waals surface area contributed by atoms with E-state index in [0.29, 0.717) is 26.8 Å². The monoisotopic (exact) mass is 453 g/mol. The van der Waals surface area contributed by atoms with E-state index < -0.39 is 0 Å². The summed E-state index contributed by atoms with van der Waals surface area (Å²) in [5.41, 5.74) is 1.39. The van der Waals surface area contributed by atoms with Gasteiger partial charge in [-0.25, -0.2) is 4.98 Å². The van der Waals surface area contributed by atoms with Gasteiger partial charge in [0.15, 0.2) is 5.16 Å². The normalized spacial score (nSPS) is 12.1. The zero-order valence-electron chi connectivity index (χ0n) is 16.7. The van der Waals surface area contributed by atoms with E-state index in [2.05, 4.69) is 10.3 Å². The Hall–Kier alpha value is -3.03. The van der Waals surface area contributed by atoms with Crippen molar-refractivity contribution in [2.45, 2.75) is 24.7 Å². The molecule has 0 aliphatic rings. The molecule has 0 bridgehead atoms. The zero-order chi connectivity index (χ0) is 21.8. The first-order valence-electron chi connectivity index (χ1n) is 9.71. The van der Waals surface area contributed by atoms with Gasteiger partial charge in [-0.05, 0) is 48.9 Å². The second kappa shape index (κ2) is 9.41. The maximum atomic E-state index is 13.1. The van der Waals surface area contributed by atoms with Gasteiger partial charge in [-0.2, -0.15) is 0 Å². The maximum Gasteiger partial charge on any atom is 0.262 e. The van der Waals surface area contributed by atoms with Crippen LogP contribution in [0.4, 0.5) is 0 Å². The van der Waals surface area contributed by atoms with Crippen molar-refractivity contribution in [3.8, 4) is 0 Å². The molecule has 1 N–H and O–H groups in total. The lowest BCUT2D eigenvalue weighted by atomic mass is 10.1. The van der Waals surface area contributed by atoms with E-state index in [4.69, 9.17) is 16.0 Å². The van der Waals surface area contributed by atoms with Crippen LogP contribution in [-0.4, -0.2) is 21.2 Å². The van der Waals surface area contributed by atoms with Crippen LogP contribution < -0.4 is 10.9 Å². The highest BCUT2D eigenvalue weighted by atomic mass is 35.5.